The highest BCUT2D eigenvalue weighted by Crippen LogP contribution is 2.28. The van der Waals surface area contributed by atoms with E-state index in [0.717, 1.165) is 0 Å². The largest absolute Gasteiger partial charge is 0.508 e. The SMILES string of the molecule is COc1cccc(Oc2c(C)oc3cc(O)ccc3c2=O)c1. The van der Waals surface area contributed by atoms with Gasteiger partial charge in [-0.05, 0) is 31.2 Å². The second kappa shape index (κ2) is 5.44. The molecule has 1 N–H and O–H groups in total. The van der Waals surface area contributed by atoms with E-state index < -0.39 is 0 Å². The standard InChI is InChI=1S/C17H14O5/c1-10-17(22-13-5-3-4-12(9-13)20-2)16(19)14-7-6-11(18)8-15(14)21-10/h3-9,18H,1-2H3. The van der Waals surface area contributed by atoms with Crippen LogP contribution in [0, 0.1) is 6.92 Å². The van der Waals surface area contributed by atoms with Gasteiger partial charge in [0.15, 0.2) is 0 Å². The quantitative estimate of drug-likeness (QED) is 0.800. The van der Waals surface area contributed by atoms with Gasteiger partial charge >= 0.3 is 0 Å². The zero-order valence-corrected chi connectivity index (χ0v) is 12.1. The monoisotopic (exact) mass is 298 g/mol. The minimum atomic E-state index is -0.290. The normalized spacial score (nSPS) is 10.6. The number of methoxy groups -OCH3 is 1. The zero-order chi connectivity index (χ0) is 15.7. The topological polar surface area (TPSA) is 68.9 Å². The Bertz CT molecular complexity index is 895. The van der Waals surface area contributed by atoms with Crippen molar-refractivity contribution in [2.45, 2.75) is 6.92 Å². The number of hydrogen-bond donors (Lipinski definition) is 1. The second-order valence-corrected chi connectivity index (χ2v) is 4.78. The third-order valence-electron chi connectivity index (χ3n) is 3.26. The third kappa shape index (κ3) is 2.48. The van der Waals surface area contributed by atoms with Crippen LogP contribution in [0.25, 0.3) is 11.0 Å². The van der Waals surface area contributed by atoms with Gasteiger partial charge in [-0.15, -0.1) is 0 Å². The zero-order valence-electron chi connectivity index (χ0n) is 12.1. The lowest BCUT2D eigenvalue weighted by atomic mass is 10.2. The van der Waals surface area contributed by atoms with E-state index >= 15 is 0 Å². The van der Waals surface area contributed by atoms with Crippen LogP contribution in [0.5, 0.6) is 23.0 Å². The van der Waals surface area contributed by atoms with Gasteiger partial charge in [-0.3, -0.25) is 4.79 Å². The summed E-state index contributed by atoms with van der Waals surface area (Å²) in [5, 5.41) is 9.82. The average molecular weight is 298 g/mol. The van der Waals surface area contributed by atoms with Crippen molar-refractivity contribution in [3.63, 3.8) is 0 Å². The highest BCUT2D eigenvalue weighted by molar-refractivity contribution is 5.79. The summed E-state index contributed by atoms with van der Waals surface area (Å²) in [6.45, 7) is 1.64. The average Bonchev–Trinajstić information content (AvgIpc) is 2.51. The Balaban J connectivity index is 2.10. The van der Waals surface area contributed by atoms with Crippen LogP contribution in [0.15, 0.2) is 51.7 Å². The Kier molecular flexibility index (Phi) is 3.47. The first kappa shape index (κ1) is 14.0. The first-order valence-corrected chi connectivity index (χ1v) is 6.67. The van der Waals surface area contributed by atoms with Gasteiger partial charge in [0, 0.05) is 12.1 Å². The number of fused-ring (bicyclic) bond motifs is 1. The van der Waals surface area contributed by atoms with Crippen molar-refractivity contribution in [1.82, 2.24) is 0 Å². The number of ether oxygens (including phenoxy) is 2. The molecule has 0 aliphatic carbocycles. The Morgan fingerprint density at radius 3 is 2.64 bits per heavy atom. The van der Waals surface area contributed by atoms with Gasteiger partial charge in [0.05, 0.1) is 12.5 Å². The maximum atomic E-state index is 12.5. The summed E-state index contributed by atoms with van der Waals surface area (Å²) in [6.07, 6.45) is 0. The fourth-order valence-corrected chi connectivity index (χ4v) is 2.18. The van der Waals surface area contributed by atoms with E-state index in [2.05, 4.69) is 0 Å². The van der Waals surface area contributed by atoms with Crippen LogP contribution >= 0.6 is 0 Å². The summed E-state index contributed by atoms with van der Waals surface area (Å²) < 4.78 is 16.4. The van der Waals surface area contributed by atoms with E-state index in [-0.39, 0.29) is 16.9 Å². The molecular weight excluding hydrogens is 284 g/mol. The Morgan fingerprint density at radius 2 is 1.86 bits per heavy atom. The van der Waals surface area contributed by atoms with E-state index in [9.17, 15) is 9.90 Å². The lowest BCUT2D eigenvalue weighted by Gasteiger charge is -2.09. The lowest BCUT2D eigenvalue weighted by molar-refractivity contribution is 0.404. The Morgan fingerprint density at radius 1 is 1.09 bits per heavy atom. The van der Waals surface area contributed by atoms with E-state index in [0.29, 0.717) is 28.2 Å². The molecule has 0 unspecified atom stereocenters. The third-order valence-corrected chi connectivity index (χ3v) is 3.26. The summed E-state index contributed by atoms with van der Waals surface area (Å²) in [6, 6.07) is 11.3. The molecular formula is C17H14O5. The highest BCUT2D eigenvalue weighted by atomic mass is 16.5. The smallest absolute Gasteiger partial charge is 0.235 e. The molecule has 0 saturated heterocycles. The Labute approximate surface area is 126 Å². The molecule has 22 heavy (non-hydrogen) atoms. The second-order valence-electron chi connectivity index (χ2n) is 4.78. The maximum Gasteiger partial charge on any atom is 0.235 e. The molecule has 5 heteroatoms. The molecule has 0 atom stereocenters. The molecule has 0 fully saturated rings. The van der Waals surface area contributed by atoms with Crippen molar-refractivity contribution in [3.05, 3.63) is 58.4 Å². The molecule has 0 aliphatic rings. The number of benzene rings is 2. The summed E-state index contributed by atoms with van der Waals surface area (Å²) >= 11 is 0. The number of phenols is 1. The van der Waals surface area contributed by atoms with Crippen molar-refractivity contribution in [3.8, 4) is 23.0 Å². The Hall–Kier alpha value is -2.95. The molecule has 3 rings (SSSR count). The van der Waals surface area contributed by atoms with Crippen molar-refractivity contribution in [2.75, 3.05) is 7.11 Å². The van der Waals surface area contributed by atoms with Gasteiger partial charge in [-0.2, -0.15) is 0 Å². The van der Waals surface area contributed by atoms with E-state index in [4.69, 9.17) is 13.9 Å². The molecule has 1 aromatic heterocycles. The summed E-state index contributed by atoms with van der Waals surface area (Å²) in [5.41, 5.74) is 0.0297. The van der Waals surface area contributed by atoms with Crippen LogP contribution in [0.3, 0.4) is 0 Å². The van der Waals surface area contributed by atoms with Gasteiger partial charge < -0.3 is 19.0 Å². The molecule has 1 heterocycles. The molecule has 0 saturated carbocycles. The van der Waals surface area contributed by atoms with Crippen molar-refractivity contribution < 1.29 is 19.0 Å². The minimum absolute atomic E-state index is 0.0384. The summed E-state index contributed by atoms with van der Waals surface area (Å²) in [4.78, 5) is 12.5. The number of rotatable bonds is 3. The summed E-state index contributed by atoms with van der Waals surface area (Å²) in [7, 11) is 1.56. The van der Waals surface area contributed by atoms with Gasteiger partial charge in [-0.25, -0.2) is 0 Å². The fraction of sp³-hybridized carbons (Fsp3) is 0.118. The van der Waals surface area contributed by atoms with Crippen LogP contribution in [0.2, 0.25) is 0 Å². The van der Waals surface area contributed by atoms with Gasteiger partial charge in [0.1, 0.15) is 28.6 Å². The molecule has 2 aromatic carbocycles. The van der Waals surface area contributed by atoms with Crippen LogP contribution in [-0.4, -0.2) is 12.2 Å². The van der Waals surface area contributed by atoms with Crippen LogP contribution in [-0.2, 0) is 0 Å². The van der Waals surface area contributed by atoms with E-state index in [1.807, 2.05) is 0 Å². The molecule has 112 valence electrons. The number of phenolic OH excluding ortho intramolecular Hbond substituents is 1. The highest BCUT2D eigenvalue weighted by Gasteiger charge is 2.14. The van der Waals surface area contributed by atoms with Crippen molar-refractivity contribution >= 4 is 11.0 Å². The first-order chi connectivity index (χ1) is 10.6. The number of aryl methyl sites for hydroxylation is 1. The number of hydrogen-bond acceptors (Lipinski definition) is 5. The van der Waals surface area contributed by atoms with Crippen LogP contribution < -0.4 is 14.9 Å². The molecule has 0 amide bonds. The first-order valence-electron chi connectivity index (χ1n) is 6.67. The molecule has 5 nitrogen and oxygen atoms in total. The predicted octanol–water partition coefficient (Wildman–Crippen LogP) is 3.61. The number of aromatic hydroxyl groups is 1. The molecule has 0 aliphatic heterocycles. The summed E-state index contributed by atoms with van der Waals surface area (Å²) in [5.74, 6) is 1.60. The van der Waals surface area contributed by atoms with E-state index in [1.54, 1.807) is 38.3 Å². The lowest BCUT2D eigenvalue weighted by Crippen LogP contribution is -2.07. The van der Waals surface area contributed by atoms with Gasteiger partial charge in [0.2, 0.25) is 11.2 Å². The van der Waals surface area contributed by atoms with Crippen LogP contribution in [0.1, 0.15) is 5.76 Å². The van der Waals surface area contributed by atoms with Gasteiger partial charge in [0.25, 0.3) is 0 Å². The molecule has 3 aromatic rings. The molecule has 0 spiro atoms. The van der Waals surface area contributed by atoms with Crippen molar-refractivity contribution in [2.24, 2.45) is 0 Å². The van der Waals surface area contributed by atoms with Crippen LogP contribution in [0.4, 0.5) is 0 Å². The maximum absolute atomic E-state index is 12.5. The predicted molar refractivity (Wildman–Crippen MR) is 82.0 cm³/mol. The fourth-order valence-electron chi connectivity index (χ4n) is 2.18. The van der Waals surface area contributed by atoms with Gasteiger partial charge in [-0.1, -0.05) is 6.07 Å². The van der Waals surface area contributed by atoms with Crippen molar-refractivity contribution in [1.29, 1.82) is 0 Å². The minimum Gasteiger partial charge on any atom is -0.508 e. The molecule has 0 bridgehead atoms. The van der Waals surface area contributed by atoms with E-state index in [1.165, 1.54) is 18.2 Å². The molecule has 0 radical (unpaired) electrons.